The maximum Gasteiger partial charge on any atom is 0.0701 e. The largest absolute Gasteiger partial charge is 0.395 e. The smallest absolute Gasteiger partial charge is 0.0701 e. The summed E-state index contributed by atoms with van der Waals surface area (Å²) in [4.78, 5) is 1.99. The number of ether oxygens (including phenoxy) is 2. The highest BCUT2D eigenvalue weighted by molar-refractivity contribution is 4.56. The van der Waals surface area contributed by atoms with Gasteiger partial charge >= 0.3 is 0 Å². The van der Waals surface area contributed by atoms with Crippen LogP contribution < -0.4 is 0 Å². The van der Waals surface area contributed by atoms with Gasteiger partial charge in [-0.2, -0.15) is 0 Å². The van der Waals surface area contributed by atoms with Crippen molar-refractivity contribution in [1.29, 1.82) is 0 Å². The first-order valence-electron chi connectivity index (χ1n) is 6.05. The lowest BCUT2D eigenvalue weighted by atomic mass is 10.4. The summed E-state index contributed by atoms with van der Waals surface area (Å²) in [7, 11) is 0. The van der Waals surface area contributed by atoms with Crippen LogP contribution in [0.25, 0.3) is 0 Å². The molecule has 0 heterocycles. The monoisotopic (exact) mass is 251 g/mol. The minimum atomic E-state index is 0.0390. The zero-order chi connectivity index (χ0) is 12.8. The highest BCUT2D eigenvalue weighted by Crippen LogP contribution is 1.92. The third kappa shape index (κ3) is 12.0. The minimum absolute atomic E-state index is 0.0390. The van der Waals surface area contributed by atoms with Crippen molar-refractivity contribution >= 4 is 0 Å². The fourth-order valence-corrected chi connectivity index (χ4v) is 1.39. The summed E-state index contributed by atoms with van der Waals surface area (Å²) in [6.45, 7) is 4.24. The van der Waals surface area contributed by atoms with Crippen molar-refractivity contribution in [3.05, 3.63) is 0 Å². The van der Waals surface area contributed by atoms with Crippen molar-refractivity contribution < 1.29 is 24.8 Å². The van der Waals surface area contributed by atoms with E-state index >= 15 is 0 Å². The van der Waals surface area contributed by atoms with E-state index in [4.69, 9.17) is 24.8 Å². The van der Waals surface area contributed by atoms with E-state index < -0.39 is 0 Å². The van der Waals surface area contributed by atoms with E-state index in [0.717, 1.165) is 13.0 Å². The highest BCUT2D eigenvalue weighted by Gasteiger charge is 2.02. The van der Waals surface area contributed by atoms with E-state index in [-0.39, 0.29) is 19.8 Å². The van der Waals surface area contributed by atoms with Crippen molar-refractivity contribution in [2.45, 2.75) is 6.42 Å². The molecule has 104 valence electrons. The molecule has 0 amide bonds. The standard InChI is InChI=1S/C11H25NO5/c13-5-3-12(4-6-14)2-1-8-16-10-11-17-9-7-15/h13-15H,1-11H2. The number of hydrogen-bond acceptors (Lipinski definition) is 6. The Kier molecular flexibility index (Phi) is 13.6. The second-order valence-corrected chi connectivity index (χ2v) is 3.59. The zero-order valence-corrected chi connectivity index (χ0v) is 10.4. The fourth-order valence-electron chi connectivity index (χ4n) is 1.39. The Morgan fingerprint density at radius 2 is 1.24 bits per heavy atom. The van der Waals surface area contributed by atoms with Crippen LogP contribution in [0.5, 0.6) is 0 Å². The van der Waals surface area contributed by atoms with E-state index in [1.807, 2.05) is 4.90 Å². The van der Waals surface area contributed by atoms with Gasteiger partial charge in [-0.25, -0.2) is 0 Å². The van der Waals surface area contributed by atoms with Gasteiger partial charge in [-0.05, 0) is 6.42 Å². The lowest BCUT2D eigenvalue weighted by Crippen LogP contribution is -2.31. The highest BCUT2D eigenvalue weighted by atomic mass is 16.5. The van der Waals surface area contributed by atoms with Crippen molar-refractivity contribution in [2.75, 3.05) is 65.9 Å². The molecule has 0 aliphatic carbocycles. The molecular weight excluding hydrogens is 226 g/mol. The maximum atomic E-state index is 8.79. The normalized spacial score (nSPS) is 11.3. The molecule has 0 radical (unpaired) electrons. The maximum absolute atomic E-state index is 8.79. The van der Waals surface area contributed by atoms with E-state index in [9.17, 15) is 0 Å². The van der Waals surface area contributed by atoms with Crippen molar-refractivity contribution in [1.82, 2.24) is 4.90 Å². The molecule has 6 nitrogen and oxygen atoms in total. The third-order valence-electron chi connectivity index (χ3n) is 2.20. The lowest BCUT2D eigenvalue weighted by Gasteiger charge is -2.19. The molecular formula is C11H25NO5. The van der Waals surface area contributed by atoms with Crippen molar-refractivity contribution in [2.24, 2.45) is 0 Å². The van der Waals surface area contributed by atoms with Gasteiger partial charge in [0.15, 0.2) is 0 Å². The van der Waals surface area contributed by atoms with Gasteiger partial charge in [-0.3, -0.25) is 4.90 Å². The minimum Gasteiger partial charge on any atom is -0.395 e. The van der Waals surface area contributed by atoms with Crippen LogP contribution in [0.15, 0.2) is 0 Å². The molecule has 0 spiro atoms. The Morgan fingerprint density at radius 1 is 0.647 bits per heavy atom. The van der Waals surface area contributed by atoms with E-state index in [0.29, 0.717) is 39.5 Å². The second kappa shape index (κ2) is 13.8. The van der Waals surface area contributed by atoms with Crippen LogP contribution in [0.4, 0.5) is 0 Å². The molecule has 0 fully saturated rings. The summed E-state index contributed by atoms with van der Waals surface area (Å²) in [6, 6.07) is 0. The van der Waals surface area contributed by atoms with Crippen LogP contribution in [0.3, 0.4) is 0 Å². The molecule has 3 N–H and O–H groups in total. The van der Waals surface area contributed by atoms with Crippen LogP contribution >= 0.6 is 0 Å². The Hall–Kier alpha value is -0.240. The van der Waals surface area contributed by atoms with Gasteiger partial charge in [0.1, 0.15) is 0 Å². The molecule has 0 saturated carbocycles. The van der Waals surface area contributed by atoms with Gasteiger partial charge < -0.3 is 24.8 Å². The molecule has 6 heteroatoms. The van der Waals surface area contributed by atoms with Gasteiger partial charge in [0.05, 0.1) is 39.6 Å². The molecule has 17 heavy (non-hydrogen) atoms. The van der Waals surface area contributed by atoms with Gasteiger partial charge in [-0.1, -0.05) is 0 Å². The molecule has 0 aromatic rings. The molecule has 0 aromatic carbocycles. The fraction of sp³-hybridized carbons (Fsp3) is 1.00. The first-order valence-corrected chi connectivity index (χ1v) is 6.05. The molecule has 0 aliphatic rings. The van der Waals surface area contributed by atoms with Crippen LogP contribution in [-0.2, 0) is 9.47 Å². The Labute approximate surface area is 103 Å². The Balaban J connectivity index is 3.23. The average molecular weight is 251 g/mol. The van der Waals surface area contributed by atoms with Crippen molar-refractivity contribution in [3.63, 3.8) is 0 Å². The number of aliphatic hydroxyl groups excluding tert-OH is 3. The zero-order valence-electron chi connectivity index (χ0n) is 10.4. The molecule has 0 bridgehead atoms. The molecule has 0 unspecified atom stereocenters. The first-order chi connectivity index (χ1) is 8.35. The Morgan fingerprint density at radius 3 is 1.76 bits per heavy atom. The quantitative estimate of drug-likeness (QED) is 0.353. The van der Waals surface area contributed by atoms with E-state index in [1.165, 1.54) is 0 Å². The SMILES string of the molecule is OCCOCCOCCCN(CCO)CCO. The lowest BCUT2D eigenvalue weighted by molar-refractivity contribution is 0.0298. The van der Waals surface area contributed by atoms with E-state index in [2.05, 4.69) is 0 Å². The number of hydrogen-bond donors (Lipinski definition) is 3. The van der Waals surface area contributed by atoms with Crippen LogP contribution in [0, 0.1) is 0 Å². The molecule has 0 rings (SSSR count). The van der Waals surface area contributed by atoms with Gasteiger partial charge in [0.25, 0.3) is 0 Å². The second-order valence-electron chi connectivity index (χ2n) is 3.59. The summed E-state index contributed by atoms with van der Waals surface area (Å²) in [5.41, 5.74) is 0. The summed E-state index contributed by atoms with van der Waals surface area (Å²) in [5.74, 6) is 0. The summed E-state index contributed by atoms with van der Waals surface area (Å²) in [5, 5.41) is 26.0. The van der Waals surface area contributed by atoms with E-state index in [1.54, 1.807) is 0 Å². The summed E-state index contributed by atoms with van der Waals surface area (Å²) >= 11 is 0. The number of nitrogens with zero attached hydrogens (tertiary/aromatic N) is 1. The van der Waals surface area contributed by atoms with Crippen LogP contribution in [0.2, 0.25) is 0 Å². The average Bonchev–Trinajstić information content (AvgIpc) is 2.33. The summed E-state index contributed by atoms with van der Waals surface area (Å²) in [6.07, 6.45) is 0.861. The molecule has 0 saturated heterocycles. The predicted octanol–water partition coefficient (Wildman–Crippen LogP) is -1.31. The van der Waals surface area contributed by atoms with Crippen LogP contribution in [0.1, 0.15) is 6.42 Å². The molecule has 0 atom stereocenters. The molecule has 0 aliphatic heterocycles. The van der Waals surface area contributed by atoms with Gasteiger partial charge in [0.2, 0.25) is 0 Å². The third-order valence-corrected chi connectivity index (χ3v) is 2.20. The topological polar surface area (TPSA) is 82.4 Å². The van der Waals surface area contributed by atoms with Gasteiger partial charge in [-0.15, -0.1) is 0 Å². The van der Waals surface area contributed by atoms with Gasteiger partial charge in [0, 0.05) is 26.2 Å². The number of aliphatic hydroxyl groups is 3. The first kappa shape index (κ1) is 16.8. The number of rotatable bonds is 13. The summed E-state index contributed by atoms with van der Waals surface area (Å²) < 4.78 is 10.4. The predicted molar refractivity (Wildman–Crippen MR) is 64.0 cm³/mol. The van der Waals surface area contributed by atoms with Crippen LogP contribution in [-0.4, -0.2) is 86.1 Å². The van der Waals surface area contributed by atoms with Crippen molar-refractivity contribution in [3.8, 4) is 0 Å². The Bertz CT molecular complexity index is 142. The molecule has 0 aromatic heterocycles.